The van der Waals surface area contributed by atoms with Crippen molar-refractivity contribution in [3.63, 3.8) is 0 Å². The van der Waals surface area contributed by atoms with E-state index in [9.17, 15) is 44.4 Å². The number of nitrogens with one attached hydrogen (secondary N) is 1. The van der Waals surface area contributed by atoms with E-state index in [4.69, 9.17) is 23.7 Å². The molecule has 11 atom stereocenters. The third-order valence-corrected chi connectivity index (χ3v) is 12.6. The largest absolute Gasteiger partial charge is 0.456 e. The van der Waals surface area contributed by atoms with Gasteiger partial charge in [0.25, 0.3) is 0 Å². The van der Waals surface area contributed by atoms with Gasteiger partial charge in [-0.2, -0.15) is 0 Å². The smallest absolute Gasteiger partial charge is 0.408 e. The minimum atomic E-state index is -2.35. The highest BCUT2D eigenvalue weighted by atomic mass is 16.6. The summed E-state index contributed by atoms with van der Waals surface area (Å²) in [5.74, 6) is -5.36. The molecule has 15 heteroatoms. The highest BCUT2D eigenvalue weighted by molar-refractivity contribution is 5.94. The number of hydrogen-bond donors (Lipinski definition) is 5. The number of carbonyl (C=O) groups is 5. The van der Waals surface area contributed by atoms with Gasteiger partial charge in [-0.3, -0.25) is 9.59 Å². The van der Waals surface area contributed by atoms with Gasteiger partial charge in [-0.1, -0.05) is 62.4 Å². The molecule has 58 heavy (non-hydrogen) atoms. The lowest BCUT2D eigenvalue weighted by atomic mass is 9.44. The summed E-state index contributed by atoms with van der Waals surface area (Å²) < 4.78 is 29.5. The monoisotopic (exact) mass is 807 g/mol. The van der Waals surface area contributed by atoms with Crippen molar-refractivity contribution in [3.8, 4) is 0 Å². The third kappa shape index (κ3) is 7.10. The van der Waals surface area contributed by atoms with Crippen LogP contribution in [0.3, 0.4) is 0 Å². The standard InChI is InChI=1S/C43H53NO14/c1-22-26(55-37(51)32(48)30(24-15-11-9-12-16-24)44-38(52)58-39(3,4)5)20-43(53)35(56-36(50)25-17-13-10-14-18-25)33-41(8,34(49)31(47)29(22)40(43,6)7)27(46)19-28-42(33,21-54-28)57-23(2)45/h9-18,26-28,30-33,35,46-48,53H,19-21H2,1-8H3,(H,44,52)/t26-,27-,28+,30-,31+,32+,33-,35-,41+,42?,43?/m0/s1. The zero-order valence-corrected chi connectivity index (χ0v) is 33.9. The van der Waals surface area contributed by atoms with Crippen LogP contribution in [0, 0.1) is 16.7 Å². The Bertz CT molecular complexity index is 1980. The number of carbonyl (C=O) groups excluding carboxylic acids is 5. The molecule has 6 rings (SSSR count). The van der Waals surface area contributed by atoms with Crippen molar-refractivity contribution >= 4 is 29.8 Å². The molecule has 2 aromatic rings. The van der Waals surface area contributed by atoms with Gasteiger partial charge in [0, 0.05) is 25.2 Å². The normalized spacial score (nSPS) is 33.7. The Balaban J connectivity index is 1.49. The van der Waals surface area contributed by atoms with Crippen molar-refractivity contribution in [3.05, 3.63) is 82.9 Å². The topological polar surface area (TPSA) is 224 Å². The van der Waals surface area contributed by atoms with Crippen molar-refractivity contribution in [2.75, 3.05) is 6.61 Å². The zero-order valence-electron chi connectivity index (χ0n) is 33.9. The van der Waals surface area contributed by atoms with Crippen LogP contribution in [0.15, 0.2) is 71.8 Å². The van der Waals surface area contributed by atoms with Crippen molar-refractivity contribution in [2.45, 2.75) is 128 Å². The molecule has 5 N–H and O–H groups in total. The zero-order chi connectivity index (χ0) is 42.7. The van der Waals surface area contributed by atoms with Crippen LogP contribution in [-0.2, 0) is 38.1 Å². The fraction of sp³-hybridized carbons (Fsp3) is 0.558. The van der Waals surface area contributed by atoms with Gasteiger partial charge < -0.3 is 49.4 Å². The summed E-state index contributed by atoms with van der Waals surface area (Å²) in [6, 6.07) is 14.6. The number of ether oxygens (including phenoxy) is 5. The van der Waals surface area contributed by atoms with Crippen LogP contribution in [0.1, 0.15) is 90.2 Å². The molecule has 2 unspecified atom stereocenters. The number of hydrogen-bond acceptors (Lipinski definition) is 14. The van der Waals surface area contributed by atoms with Gasteiger partial charge in [-0.15, -0.1) is 0 Å². The van der Waals surface area contributed by atoms with Crippen LogP contribution in [0.5, 0.6) is 0 Å². The van der Waals surface area contributed by atoms with Gasteiger partial charge in [0.2, 0.25) is 0 Å². The van der Waals surface area contributed by atoms with Gasteiger partial charge in [0.15, 0.2) is 17.5 Å². The van der Waals surface area contributed by atoms with E-state index in [1.807, 2.05) is 0 Å². The summed E-state index contributed by atoms with van der Waals surface area (Å²) in [5.41, 5.74) is -8.14. The number of ketones is 1. The van der Waals surface area contributed by atoms with Gasteiger partial charge in [0.1, 0.15) is 35.6 Å². The van der Waals surface area contributed by atoms with Crippen LogP contribution >= 0.6 is 0 Å². The lowest BCUT2D eigenvalue weighted by molar-refractivity contribution is -0.346. The van der Waals surface area contributed by atoms with Crippen molar-refractivity contribution in [1.29, 1.82) is 0 Å². The number of aliphatic hydroxyl groups is 4. The molecule has 4 aliphatic rings. The number of alkyl carbamates (subject to hydrolysis) is 1. The summed E-state index contributed by atoms with van der Waals surface area (Å²) in [6.07, 6.45) is -11.5. The first-order valence-corrected chi connectivity index (χ1v) is 19.3. The van der Waals surface area contributed by atoms with E-state index in [1.54, 1.807) is 83.1 Å². The second-order valence-electron chi connectivity index (χ2n) is 17.6. The Morgan fingerprint density at radius 2 is 1.55 bits per heavy atom. The predicted molar refractivity (Wildman–Crippen MR) is 204 cm³/mol. The molecule has 1 aliphatic heterocycles. The van der Waals surface area contributed by atoms with Crippen LogP contribution in [0.4, 0.5) is 4.79 Å². The van der Waals surface area contributed by atoms with Gasteiger partial charge in [-0.25, -0.2) is 14.4 Å². The number of aliphatic hydroxyl groups excluding tert-OH is 3. The molecule has 3 fully saturated rings. The van der Waals surface area contributed by atoms with E-state index in [1.165, 1.54) is 26.0 Å². The fourth-order valence-electron chi connectivity index (χ4n) is 9.56. The van der Waals surface area contributed by atoms with E-state index in [0.717, 1.165) is 6.92 Å². The Hall–Kier alpha value is -4.67. The molecule has 1 heterocycles. The van der Waals surface area contributed by atoms with Crippen molar-refractivity contribution in [2.24, 2.45) is 16.7 Å². The summed E-state index contributed by atoms with van der Waals surface area (Å²) >= 11 is 0. The average Bonchev–Trinajstić information content (AvgIpc) is 3.14. The number of fused-ring (bicyclic) bond motifs is 5. The lowest BCUT2D eigenvalue weighted by Crippen LogP contribution is -2.81. The second kappa shape index (κ2) is 15.2. The maximum Gasteiger partial charge on any atom is 0.408 e. The third-order valence-electron chi connectivity index (χ3n) is 12.6. The number of esters is 3. The molecule has 2 aromatic carbocycles. The maximum absolute atomic E-state index is 14.9. The van der Waals surface area contributed by atoms with Crippen LogP contribution in [0.2, 0.25) is 0 Å². The Kier molecular flexibility index (Phi) is 11.2. The summed E-state index contributed by atoms with van der Waals surface area (Å²) in [4.78, 5) is 68.9. The minimum Gasteiger partial charge on any atom is -0.456 e. The molecule has 2 saturated carbocycles. The van der Waals surface area contributed by atoms with Crippen LogP contribution < -0.4 is 5.32 Å². The van der Waals surface area contributed by atoms with Gasteiger partial charge in [-0.05, 0) is 63.5 Å². The first-order valence-electron chi connectivity index (χ1n) is 19.3. The highest BCUT2D eigenvalue weighted by Gasteiger charge is 2.78. The molecule has 15 nitrogen and oxygen atoms in total. The van der Waals surface area contributed by atoms with E-state index >= 15 is 0 Å². The van der Waals surface area contributed by atoms with Crippen LogP contribution in [0.25, 0.3) is 0 Å². The molecular formula is C43H53NO14. The van der Waals surface area contributed by atoms with Crippen molar-refractivity contribution in [1.82, 2.24) is 5.32 Å². The number of benzene rings is 2. The SMILES string of the molecule is CC(=O)OC12CO[C@@H]1C[C@H](O)[C@@]1(C)C(=O)[C@H](O)C3=C(C)[C@@H](OC(=O)[C@H](O)[C@@H](NC(=O)OC(C)(C)C)c4ccccc4)CC(O)([C@@H](OC(=O)c4ccccc4)[C@H]21)C3(C)C. The predicted octanol–water partition coefficient (Wildman–Crippen LogP) is 3.26. The Morgan fingerprint density at radius 1 is 0.948 bits per heavy atom. The van der Waals surface area contributed by atoms with Crippen LogP contribution in [-0.4, -0.2) is 110 Å². The number of amides is 1. The molecule has 1 saturated heterocycles. The van der Waals surface area contributed by atoms with E-state index in [2.05, 4.69) is 5.32 Å². The molecule has 3 aliphatic carbocycles. The van der Waals surface area contributed by atoms with E-state index in [-0.39, 0.29) is 29.7 Å². The van der Waals surface area contributed by atoms with Crippen molar-refractivity contribution < 1.29 is 68.1 Å². The minimum absolute atomic E-state index is 0.0637. The van der Waals surface area contributed by atoms with E-state index < -0.39 is 112 Å². The first-order chi connectivity index (χ1) is 27.0. The molecule has 0 aromatic heterocycles. The average molecular weight is 808 g/mol. The number of Topliss-reactive ketones (excluding diaryl/α,β-unsaturated/α-hetero) is 1. The fourth-order valence-corrected chi connectivity index (χ4v) is 9.56. The molecule has 0 radical (unpaired) electrons. The summed E-state index contributed by atoms with van der Waals surface area (Å²) in [5, 5.41) is 51.6. The molecular weight excluding hydrogens is 754 g/mol. The number of rotatable bonds is 8. The van der Waals surface area contributed by atoms with Gasteiger partial charge >= 0.3 is 24.0 Å². The summed E-state index contributed by atoms with van der Waals surface area (Å²) in [7, 11) is 0. The molecule has 314 valence electrons. The van der Waals surface area contributed by atoms with Gasteiger partial charge in [0.05, 0.1) is 35.6 Å². The second-order valence-corrected chi connectivity index (χ2v) is 17.6. The first kappa shape index (κ1) is 42.9. The molecule has 0 spiro atoms. The summed E-state index contributed by atoms with van der Waals surface area (Å²) in [6.45, 7) is 11.8. The van der Waals surface area contributed by atoms with E-state index in [0.29, 0.717) is 5.56 Å². The lowest BCUT2D eigenvalue weighted by Gasteiger charge is -2.67. The maximum atomic E-state index is 14.9. The molecule has 2 bridgehead atoms. The Labute approximate surface area is 336 Å². The Morgan fingerprint density at radius 3 is 2.10 bits per heavy atom. The quantitative estimate of drug-likeness (QED) is 0.147. The molecule has 1 amide bonds. The highest BCUT2D eigenvalue weighted by Crippen LogP contribution is 2.64.